The SMILES string of the molecule is NC(=O)NCC(=O)N1CCC[C@H](c2nccn2Cc2ccccn2)C1. The number of hydrogen-bond donors (Lipinski definition) is 2. The average molecular weight is 342 g/mol. The van der Waals surface area contributed by atoms with Gasteiger partial charge in [-0.3, -0.25) is 9.78 Å². The second-order valence-corrected chi connectivity index (χ2v) is 6.13. The lowest BCUT2D eigenvalue weighted by atomic mass is 9.97. The molecule has 1 fully saturated rings. The molecular formula is C17H22N6O2. The van der Waals surface area contributed by atoms with Crippen LogP contribution >= 0.6 is 0 Å². The van der Waals surface area contributed by atoms with E-state index in [1.807, 2.05) is 24.4 Å². The maximum Gasteiger partial charge on any atom is 0.312 e. The van der Waals surface area contributed by atoms with E-state index in [1.165, 1.54) is 0 Å². The summed E-state index contributed by atoms with van der Waals surface area (Å²) in [7, 11) is 0. The number of nitrogens with two attached hydrogens (primary N) is 1. The quantitative estimate of drug-likeness (QED) is 0.834. The van der Waals surface area contributed by atoms with Crippen molar-refractivity contribution in [2.45, 2.75) is 25.3 Å². The normalized spacial score (nSPS) is 17.3. The molecule has 3 N–H and O–H groups in total. The summed E-state index contributed by atoms with van der Waals surface area (Å²) in [4.78, 5) is 33.6. The van der Waals surface area contributed by atoms with Crippen molar-refractivity contribution < 1.29 is 9.59 Å². The number of carbonyl (C=O) groups excluding carboxylic acids is 2. The van der Waals surface area contributed by atoms with E-state index < -0.39 is 6.03 Å². The lowest BCUT2D eigenvalue weighted by molar-refractivity contribution is -0.131. The van der Waals surface area contributed by atoms with Crippen LogP contribution in [0.5, 0.6) is 0 Å². The van der Waals surface area contributed by atoms with E-state index in [0.29, 0.717) is 19.6 Å². The van der Waals surface area contributed by atoms with Crippen molar-refractivity contribution in [2.75, 3.05) is 19.6 Å². The number of nitrogens with one attached hydrogen (secondary N) is 1. The van der Waals surface area contributed by atoms with E-state index in [9.17, 15) is 9.59 Å². The van der Waals surface area contributed by atoms with Crippen LogP contribution in [0.3, 0.4) is 0 Å². The summed E-state index contributed by atoms with van der Waals surface area (Å²) in [5.41, 5.74) is 6.00. The number of rotatable bonds is 5. The molecule has 1 saturated heterocycles. The fourth-order valence-electron chi connectivity index (χ4n) is 3.17. The molecule has 8 heteroatoms. The Bertz CT molecular complexity index is 730. The Hall–Kier alpha value is -2.90. The number of piperidine rings is 1. The highest BCUT2D eigenvalue weighted by Crippen LogP contribution is 2.26. The molecule has 0 radical (unpaired) electrons. The number of imidazole rings is 1. The maximum absolute atomic E-state index is 12.2. The van der Waals surface area contributed by atoms with Crippen LogP contribution in [-0.4, -0.2) is 51.0 Å². The smallest absolute Gasteiger partial charge is 0.312 e. The summed E-state index contributed by atoms with van der Waals surface area (Å²) in [6, 6.07) is 5.15. The number of urea groups is 1. The van der Waals surface area contributed by atoms with E-state index in [2.05, 4.69) is 19.9 Å². The molecular weight excluding hydrogens is 320 g/mol. The third-order valence-corrected chi connectivity index (χ3v) is 4.36. The number of carbonyl (C=O) groups is 2. The van der Waals surface area contributed by atoms with Gasteiger partial charge in [-0.05, 0) is 25.0 Å². The highest BCUT2D eigenvalue weighted by molar-refractivity contribution is 5.83. The number of primary amides is 1. The van der Waals surface area contributed by atoms with E-state index in [-0.39, 0.29) is 18.4 Å². The monoisotopic (exact) mass is 342 g/mol. The lowest BCUT2D eigenvalue weighted by Crippen LogP contribution is -2.45. The molecule has 25 heavy (non-hydrogen) atoms. The van der Waals surface area contributed by atoms with Crippen molar-refractivity contribution in [3.05, 3.63) is 48.3 Å². The first-order valence-electron chi connectivity index (χ1n) is 8.35. The fourth-order valence-corrected chi connectivity index (χ4v) is 3.17. The number of pyridine rings is 1. The van der Waals surface area contributed by atoms with E-state index >= 15 is 0 Å². The van der Waals surface area contributed by atoms with E-state index in [4.69, 9.17) is 5.73 Å². The number of aromatic nitrogens is 3. The first-order chi connectivity index (χ1) is 12.1. The predicted molar refractivity (Wildman–Crippen MR) is 91.7 cm³/mol. The predicted octanol–water partition coefficient (Wildman–Crippen LogP) is 0.701. The van der Waals surface area contributed by atoms with Crippen molar-refractivity contribution in [3.8, 4) is 0 Å². The first kappa shape index (κ1) is 16.9. The van der Waals surface area contributed by atoms with Crippen LogP contribution in [0.4, 0.5) is 4.79 Å². The minimum Gasteiger partial charge on any atom is -0.352 e. The zero-order chi connectivity index (χ0) is 17.6. The molecule has 0 spiro atoms. The summed E-state index contributed by atoms with van der Waals surface area (Å²) >= 11 is 0. The van der Waals surface area contributed by atoms with Gasteiger partial charge in [-0.25, -0.2) is 9.78 Å². The van der Waals surface area contributed by atoms with Gasteiger partial charge in [-0.2, -0.15) is 0 Å². The van der Waals surface area contributed by atoms with Crippen LogP contribution in [-0.2, 0) is 11.3 Å². The standard InChI is InChI=1S/C17H22N6O2/c18-17(25)21-10-15(24)22-8-3-4-13(11-22)16-20-7-9-23(16)12-14-5-1-2-6-19-14/h1-2,5-7,9,13H,3-4,8,10-12H2,(H3,18,21,25)/t13-/m0/s1. The van der Waals surface area contributed by atoms with Crippen molar-refractivity contribution in [1.82, 2.24) is 24.8 Å². The van der Waals surface area contributed by atoms with E-state index in [1.54, 1.807) is 17.3 Å². The fraction of sp³-hybridized carbons (Fsp3) is 0.412. The van der Waals surface area contributed by atoms with Gasteiger partial charge in [0.15, 0.2) is 0 Å². The Labute approximate surface area is 146 Å². The van der Waals surface area contributed by atoms with Gasteiger partial charge in [0, 0.05) is 37.6 Å². The summed E-state index contributed by atoms with van der Waals surface area (Å²) in [6.45, 7) is 1.88. The molecule has 0 aromatic carbocycles. The summed E-state index contributed by atoms with van der Waals surface area (Å²) < 4.78 is 2.09. The third kappa shape index (κ3) is 4.34. The maximum atomic E-state index is 12.2. The lowest BCUT2D eigenvalue weighted by Gasteiger charge is -2.32. The van der Waals surface area contributed by atoms with Crippen LogP contribution < -0.4 is 11.1 Å². The molecule has 8 nitrogen and oxygen atoms in total. The Kier molecular flexibility index (Phi) is 5.27. The van der Waals surface area contributed by atoms with Gasteiger partial charge in [0.2, 0.25) is 5.91 Å². The third-order valence-electron chi connectivity index (χ3n) is 4.36. The number of likely N-dealkylation sites (tertiary alicyclic amines) is 1. The highest BCUT2D eigenvalue weighted by Gasteiger charge is 2.27. The van der Waals surface area contributed by atoms with Gasteiger partial charge in [0.05, 0.1) is 18.8 Å². The molecule has 1 aliphatic rings. The second kappa shape index (κ2) is 7.78. The molecule has 2 aromatic heterocycles. The molecule has 132 valence electrons. The number of hydrogen-bond acceptors (Lipinski definition) is 4. The molecule has 0 bridgehead atoms. The molecule has 1 aliphatic heterocycles. The molecule has 3 rings (SSSR count). The topological polar surface area (TPSA) is 106 Å². The number of nitrogens with zero attached hydrogens (tertiary/aromatic N) is 4. The van der Waals surface area contributed by atoms with Crippen LogP contribution in [0.2, 0.25) is 0 Å². The Balaban J connectivity index is 1.67. The largest absolute Gasteiger partial charge is 0.352 e. The Morgan fingerprint density at radius 1 is 1.28 bits per heavy atom. The molecule has 3 amide bonds. The van der Waals surface area contributed by atoms with Gasteiger partial charge in [-0.1, -0.05) is 6.07 Å². The molecule has 0 aliphatic carbocycles. The Morgan fingerprint density at radius 2 is 2.16 bits per heavy atom. The molecule has 0 unspecified atom stereocenters. The van der Waals surface area contributed by atoms with E-state index in [0.717, 1.165) is 24.4 Å². The van der Waals surface area contributed by atoms with Gasteiger partial charge in [0.1, 0.15) is 5.82 Å². The van der Waals surface area contributed by atoms with Crippen LogP contribution in [0.25, 0.3) is 0 Å². The van der Waals surface area contributed by atoms with Gasteiger partial charge in [0.25, 0.3) is 0 Å². The number of amides is 3. The average Bonchev–Trinajstić information content (AvgIpc) is 3.08. The minimum absolute atomic E-state index is 0.0651. The summed E-state index contributed by atoms with van der Waals surface area (Å²) in [6.07, 6.45) is 7.39. The van der Waals surface area contributed by atoms with Crippen molar-refractivity contribution in [1.29, 1.82) is 0 Å². The second-order valence-electron chi connectivity index (χ2n) is 6.13. The highest BCUT2D eigenvalue weighted by atomic mass is 16.2. The molecule has 3 heterocycles. The molecule has 0 saturated carbocycles. The van der Waals surface area contributed by atoms with Crippen LogP contribution in [0, 0.1) is 0 Å². The zero-order valence-electron chi connectivity index (χ0n) is 14.0. The first-order valence-corrected chi connectivity index (χ1v) is 8.35. The summed E-state index contributed by atoms with van der Waals surface area (Å²) in [5, 5.41) is 2.35. The van der Waals surface area contributed by atoms with Crippen molar-refractivity contribution in [3.63, 3.8) is 0 Å². The molecule has 2 aromatic rings. The van der Waals surface area contributed by atoms with Gasteiger partial charge >= 0.3 is 6.03 Å². The Morgan fingerprint density at radius 3 is 2.92 bits per heavy atom. The summed E-state index contributed by atoms with van der Waals surface area (Å²) in [5.74, 6) is 1.02. The van der Waals surface area contributed by atoms with Crippen LogP contribution in [0.1, 0.15) is 30.3 Å². The minimum atomic E-state index is -0.687. The zero-order valence-corrected chi connectivity index (χ0v) is 14.0. The van der Waals surface area contributed by atoms with Gasteiger partial charge in [-0.15, -0.1) is 0 Å². The van der Waals surface area contributed by atoms with Crippen molar-refractivity contribution >= 4 is 11.9 Å². The van der Waals surface area contributed by atoms with Crippen molar-refractivity contribution in [2.24, 2.45) is 5.73 Å². The van der Waals surface area contributed by atoms with Crippen LogP contribution in [0.15, 0.2) is 36.8 Å². The van der Waals surface area contributed by atoms with Gasteiger partial charge < -0.3 is 20.5 Å². The molecule has 1 atom stereocenters.